The van der Waals surface area contributed by atoms with Crippen molar-refractivity contribution in [3.8, 4) is 5.75 Å². The first kappa shape index (κ1) is 30.8. The van der Waals surface area contributed by atoms with Gasteiger partial charge in [-0.3, -0.25) is 33.8 Å². The van der Waals surface area contributed by atoms with Gasteiger partial charge in [-0.15, -0.1) is 0 Å². The van der Waals surface area contributed by atoms with Crippen molar-refractivity contribution in [3.63, 3.8) is 0 Å². The first-order valence-electron chi connectivity index (χ1n) is 12.5. The van der Waals surface area contributed by atoms with Crippen LogP contribution in [0.2, 0.25) is 0 Å². The zero-order valence-corrected chi connectivity index (χ0v) is 24.2. The van der Waals surface area contributed by atoms with Gasteiger partial charge in [-0.25, -0.2) is 9.36 Å². The van der Waals surface area contributed by atoms with Gasteiger partial charge in [0, 0.05) is 24.8 Å². The highest BCUT2D eigenvalue weighted by Crippen LogP contribution is 2.50. The minimum atomic E-state index is -4.41. The van der Waals surface area contributed by atoms with Crippen molar-refractivity contribution in [1.29, 1.82) is 0 Å². The van der Waals surface area contributed by atoms with E-state index in [9.17, 15) is 34.2 Å². The van der Waals surface area contributed by atoms with Gasteiger partial charge in [-0.1, -0.05) is 28.8 Å². The van der Waals surface area contributed by atoms with E-state index in [0.717, 1.165) is 16.7 Å². The Labute approximate surface area is 241 Å². The van der Waals surface area contributed by atoms with Crippen molar-refractivity contribution in [3.05, 3.63) is 72.0 Å². The average Bonchev–Trinajstić information content (AvgIpc) is 3.55. The number of aliphatic hydroxyl groups is 1. The Morgan fingerprint density at radius 1 is 1.34 bits per heavy atom. The molecule has 0 spiro atoms. The quantitative estimate of drug-likeness (QED) is 0.138. The number of aromatic nitrogens is 2. The molecule has 2 heterocycles. The number of esters is 1. The van der Waals surface area contributed by atoms with Gasteiger partial charge >= 0.3 is 19.4 Å². The highest BCUT2D eigenvalue weighted by atomic mass is 79.9. The molecule has 0 bridgehead atoms. The molecule has 1 aromatic carbocycles. The number of methoxy groups -OCH3 is 1. The van der Waals surface area contributed by atoms with Crippen LogP contribution in [0.15, 0.2) is 45.0 Å². The van der Waals surface area contributed by atoms with Crippen molar-refractivity contribution < 1.29 is 37.9 Å². The lowest BCUT2D eigenvalue weighted by molar-refractivity contribution is -0.384. The molecule has 15 nitrogen and oxygen atoms in total. The van der Waals surface area contributed by atoms with Crippen molar-refractivity contribution in [2.75, 3.05) is 13.7 Å². The Balaban J connectivity index is 1.56. The van der Waals surface area contributed by atoms with Gasteiger partial charge in [0.1, 0.15) is 23.6 Å². The van der Waals surface area contributed by atoms with E-state index in [1.165, 1.54) is 36.5 Å². The van der Waals surface area contributed by atoms with Crippen LogP contribution in [0, 0.1) is 10.1 Å². The fraction of sp³-hybridized carbons (Fsp3) is 0.458. The van der Waals surface area contributed by atoms with Gasteiger partial charge in [0.15, 0.2) is 0 Å². The summed E-state index contributed by atoms with van der Waals surface area (Å²) < 4.78 is 37.3. The molecule has 41 heavy (non-hydrogen) atoms. The summed E-state index contributed by atoms with van der Waals surface area (Å²) in [7, 11) is -3.21. The van der Waals surface area contributed by atoms with E-state index in [0.29, 0.717) is 25.7 Å². The molecule has 1 aliphatic carbocycles. The fourth-order valence-corrected chi connectivity index (χ4v) is 6.78. The number of hydrogen-bond acceptors (Lipinski definition) is 11. The molecule has 1 aromatic heterocycles. The second-order valence-electron chi connectivity index (χ2n) is 9.50. The van der Waals surface area contributed by atoms with Crippen LogP contribution < -0.4 is 20.9 Å². The Kier molecular flexibility index (Phi) is 9.62. The summed E-state index contributed by atoms with van der Waals surface area (Å²) in [6, 6.07) is 4.77. The minimum absolute atomic E-state index is 0.0395. The number of benzene rings is 1. The van der Waals surface area contributed by atoms with Gasteiger partial charge < -0.3 is 19.1 Å². The molecule has 0 radical (unpaired) electrons. The number of ether oxygens (including phenoxy) is 2. The summed E-state index contributed by atoms with van der Waals surface area (Å²) in [5, 5.41) is 24.4. The smallest absolute Gasteiger partial charge is 0.459 e. The number of nitro benzene ring substituents is 1. The van der Waals surface area contributed by atoms with Gasteiger partial charge in [0.25, 0.3) is 11.2 Å². The number of nitrogens with one attached hydrogen (secondary N) is 2. The second-order valence-corrected chi connectivity index (χ2v) is 11.7. The van der Waals surface area contributed by atoms with E-state index >= 15 is 0 Å². The molecule has 2 aliphatic rings. The molecule has 4 atom stereocenters. The first-order chi connectivity index (χ1) is 19.5. The monoisotopic (exact) mass is 658 g/mol. The molecule has 1 unspecified atom stereocenters. The van der Waals surface area contributed by atoms with Gasteiger partial charge in [-0.05, 0) is 36.0 Å². The molecular formula is C24H28BrN4O11P. The van der Waals surface area contributed by atoms with Crippen molar-refractivity contribution in [2.24, 2.45) is 0 Å². The third kappa shape index (κ3) is 7.02. The Hall–Kier alpha value is -3.14. The number of hydrogen-bond donors (Lipinski definition) is 3. The van der Waals surface area contributed by atoms with E-state index in [2.05, 4.69) is 26.0 Å². The predicted octanol–water partition coefficient (Wildman–Crippen LogP) is 2.74. The number of H-pyrrole nitrogens is 1. The maximum atomic E-state index is 14.1. The molecule has 222 valence electrons. The molecule has 0 amide bonds. The van der Waals surface area contributed by atoms with Crippen LogP contribution in [0.4, 0.5) is 5.69 Å². The number of aliphatic hydroxyl groups excluding tert-OH is 1. The largest absolute Gasteiger partial charge is 0.468 e. The Morgan fingerprint density at radius 2 is 2.02 bits per heavy atom. The second kappa shape index (κ2) is 12.8. The lowest BCUT2D eigenvalue weighted by Gasteiger charge is -2.31. The van der Waals surface area contributed by atoms with E-state index in [1.807, 2.05) is 0 Å². The van der Waals surface area contributed by atoms with Crippen LogP contribution >= 0.6 is 23.7 Å². The van der Waals surface area contributed by atoms with Crippen LogP contribution in [0.1, 0.15) is 43.9 Å². The summed E-state index contributed by atoms with van der Waals surface area (Å²) in [4.78, 5) is 51.2. The first-order valence-corrected chi connectivity index (χ1v) is 15.0. The fourth-order valence-electron chi connectivity index (χ4n) is 4.76. The number of carbonyl (C=O) groups excluding carboxylic acids is 1. The third-order valence-corrected chi connectivity index (χ3v) is 8.72. The summed E-state index contributed by atoms with van der Waals surface area (Å²) in [6.45, 7) is -0.488. The topological polar surface area (TPSA) is 201 Å². The summed E-state index contributed by atoms with van der Waals surface area (Å²) >= 11 is 3.08. The van der Waals surface area contributed by atoms with Crippen molar-refractivity contribution >= 4 is 41.4 Å². The van der Waals surface area contributed by atoms with E-state index in [-0.39, 0.29) is 23.4 Å². The third-order valence-electron chi connectivity index (χ3n) is 6.82. The molecule has 2 fully saturated rings. The summed E-state index contributed by atoms with van der Waals surface area (Å²) in [5.74, 6) is -0.698. The van der Waals surface area contributed by atoms with Crippen LogP contribution in [-0.4, -0.2) is 57.0 Å². The average molecular weight is 659 g/mol. The standard InChI is InChI=1S/C24H28BrN4O11P/c1-37-22(32)24(9-2-3-10-24)27-41(36,40-17-6-4-16(5-7-17)29(34)35)38-14-19-18(30)12-20(39-19)28-13-15(8-11-25)21(31)26-23(28)33/h4-8,11,13,18-20,30H,2-3,9-10,12,14H2,1H3,(H,27,36)(H,26,31,33)/b11-8+/t18-,19+,20+,41?/m0/s1. The maximum Gasteiger partial charge on any atom is 0.459 e. The predicted molar refractivity (Wildman–Crippen MR) is 147 cm³/mol. The summed E-state index contributed by atoms with van der Waals surface area (Å²) in [6.07, 6.45) is 1.31. The van der Waals surface area contributed by atoms with Crippen LogP contribution in [0.5, 0.6) is 5.75 Å². The molecular weight excluding hydrogens is 631 g/mol. The normalized spacial score (nSPS) is 23.3. The SMILES string of the molecule is COC(=O)C1(NP(=O)(OC[C@H]2O[C@@H](n3cc(/C=C/Br)c(=O)[nH]c3=O)C[C@@H]2O)Oc2ccc([N+](=O)[O-])cc2)CCCC1. The maximum absolute atomic E-state index is 14.1. The molecule has 3 N–H and O–H groups in total. The molecule has 1 aliphatic heterocycles. The zero-order chi connectivity index (χ0) is 29.8. The molecule has 2 aromatic rings. The zero-order valence-electron chi connectivity index (χ0n) is 21.8. The number of rotatable bonds is 11. The van der Waals surface area contributed by atoms with Gasteiger partial charge in [0.05, 0.1) is 30.3 Å². The lowest BCUT2D eigenvalue weighted by atomic mass is 10.00. The number of nitrogens with zero attached hydrogens (tertiary/aromatic N) is 2. The highest BCUT2D eigenvalue weighted by molar-refractivity contribution is 9.11. The van der Waals surface area contributed by atoms with Gasteiger partial charge in [0.2, 0.25) is 0 Å². The van der Waals surface area contributed by atoms with Gasteiger partial charge in [-0.2, -0.15) is 5.09 Å². The van der Waals surface area contributed by atoms with E-state index in [4.69, 9.17) is 18.5 Å². The number of non-ortho nitro benzene ring substituents is 1. The van der Waals surface area contributed by atoms with Crippen molar-refractivity contribution in [1.82, 2.24) is 14.6 Å². The number of carbonyl (C=O) groups is 1. The lowest BCUT2D eigenvalue weighted by Crippen LogP contribution is -2.50. The molecule has 1 saturated heterocycles. The van der Waals surface area contributed by atoms with Crippen molar-refractivity contribution in [2.45, 2.75) is 56.1 Å². The molecule has 4 rings (SSSR count). The van der Waals surface area contributed by atoms with Crippen LogP contribution in [0.3, 0.4) is 0 Å². The molecule has 17 heteroatoms. The summed E-state index contributed by atoms with van der Waals surface area (Å²) in [5.41, 5.74) is -2.79. The van der Waals surface area contributed by atoms with E-state index < -0.39 is 60.5 Å². The number of nitro groups is 1. The van der Waals surface area contributed by atoms with E-state index in [1.54, 1.807) is 0 Å². The molecule has 1 saturated carbocycles. The number of halogens is 1. The minimum Gasteiger partial charge on any atom is -0.468 e. The number of aromatic amines is 1. The Morgan fingerprint density at radius 3 is 2.63 bits per heavy atom. The Bertz CT molecular complexity index is 1470. The van der Waals surface area contributed by atoms with Crippen LogP contribution in [0.25, 0.3) is 6.08 Å². The van der Waals surface area contributed by atoms with Crippen LogP contribution in [-0.2, 0) is 23.4 Å². The highest BCUT2D eigenvalue weighted by Gasteiger charge is 2.49.